The second kappa shape index (κ2) is 6.23. The highest BCUT2D eigenvalue weighted by molar-refractivity contribution is 14.1. The van der Waals surface area contributed by atoms with Gasteiger partial charge in [0.2, 0.25) is 0 Å². The molecule has 1 nitrogen and oxygen atoms in total. The molecule has 0 saturated heterocycles. The second-order valence-corrected chi connectivity index (χ2v) is 5.51. The topological polar surface area (TPSA) is 12.0 Å². The Balaban J connectivity index is 4.13. The summed E-state index contributed by atoms with van der Waals surface area (Å²) in [5.74, 6) is 0.881. The number of halogens is 1. The van der Waals surface area contributed by atoms with Gasteiger partial charge in [0, 0.05) is 10.5 Å². The molecular weight excluding hydrogens is 273 g/mol. The minimum atomic E-state index is 0.417. The van der Waals surface area contributed by atoms with Crippen LogP contribution in [0.5, 0.6) is 0 Å². The van der Waals surface area contributed by atoms with Gasteiger partial charge in [-0.3, -0.25) is 0 Å². The maximum Gasteiger partial charge on any atom is 0.00870 e. The van der Waals surface area contributed by atoms with E-state index >= 15 is 0 Å². The molecule has 0 aromatic rings. The zero-order valence-electron chi connectivity index (χ0n) is 9.65. The van der Waals surface area contributed by atoms with E-state index in [0.717, 1.165) is 5.92 Å². The van der Waals surface area contributed by atoms with E-state index in [1.807, 2.05) is 0 Å². The summed E-state index contributed by atoms with van der Waals surface area (Å²) in [5, 5.41) is 3.36. The predicted octanol–water partition coefficient (Wildman–Crippen LogP) is 3.47. The van der Waals surface area contributed by atoms with Crippen LogP contribution in [0.1, 0.15) is 40.5 Å². The van der Waals surface area contributed by atoms with Crippen molar-refractivity contribution in [3.63, 3.8) is 0 Å². The van der Waals surface area contributed by atoms with Crippen molar-refractivity contribution < 1.29 is 0 Å². The Morgan fingerprint density at radius 2 is 1.92 bits per heavy atom. The monoisotopic (exact) mass is 297 g/mol. The molecule has 1 N–H and O–H groups in total. The SMILES string of the molecule is CCC(CI)CC(C)(C)C(C)NC. The van der Waals surface area contributed by atoms with E-state index in [0.29, 0.717) is 11.5 Å². The van der Waals surface area contributed by atoms with Gasteiger partial charge in [0.15, 0.2) is 0 Å². The number of alkyl halides is 1. The third-order valence-corrected chi connectivity index (χ3v) is 4.46. The first-order valence-electron chi connectivity index (χ1n) is 5.21. The van der Waals surface area contributed by atoms with Gasteiger partial charge in [0.25, 0.3) is 0 Å². The van der Waals surface area contributed by atoms with E-state index in [1.54, 1.807) is 0 Å². The Hall–Kier alpha value is 0.690. The predicted molar refractivity (Wildman–Crippen MR) is 69.6 cm³/mol. The van der Waals surface area contributed by atoms with Gasteiger partial charge in [0.1, 0.15) is 0 Å². The van der Waals surface area contributed by atoms with Crippen LogP contribution < -0.4 is 5.32 Å². The summed E-state index contributed by atoms with van der Waals surface area (Å²) < 4.78 is 1.29. The molecule has 0 radical (unpaired) electrons. The highest BCUT2D eigenvalue weighted by Crippen LogP contribution is 2.31. The van der Waals surface area contributed by atoms with Crippen LogP contribution in [0.4, 0.5) is 0 Å². The molecule has 13 heavy (non-hydrogen) atoms. The molecule has 0 aliphatic carbocycles. The fourth-order valence-electron chi connectivity index (χ4n) is 1.62. The third kappa shape index (κ3) is 4.63. The zero-order valence-corrected chi connectivity index (χ0v) is 11.8. The normalized spacial score (nSPS) is 17.1. The molecule has 0 aromatic heterocycles. The molecule has 0 amide bonds. The molecule has 2 heteroatoms. The Bertz CT molecular complexity index is 130. The lowest BCUT2D eigenvalue weighted by Gasteiger charge is -2.34. The van der Waals surface area contributed by atoms with E-state index in [2.05, 4.69) is 62.7 Å². The van der Waals surface area contributed by atoms with Crippen LogP contribution in [-0.4, -0.2) is 17.5 Å². The first-order chi connectivity index (χ1) is 5.97. The Labute approximate surface area is 97.2 Å². The molecule has 0 aliphatic rings. The first kappa shape index (κ1) is 13.7. The Morgan fingerprint density at radius 3 is 2.23 bits per heavy atom. The van der Waals surface area contributed by atoms with E-state index in [4.69, 9.17) is 0 Å². The van der Waals surface area contributed by atoms with Gasteiger partial charge in [-0.05, 0) is 31.7 Å². The van der Waals surface area contributed by atoms with E-state index in [9.17, 15) is 0 Å². The maximum atomic E-state index is 3.36. The van der Waals surface area contributed by atoms with Crippen molar-refractivity contribution >= 4 is 22.6 Å². The van der Waals surface area contributed by atoms with Crippen LogP contribution in [0.25, 0.3) is 0 Å². The van der Waals surface area contributed by atoms with Crippen molar-refractivity contribution in [2.45, 2.75) is 46.6 Å². The summed E-state index contributed by atoms with van der Waals surface area (Å²) in [7, 11) is 2.05. The van der Waals surface area contributed by atoms with E-state index in [1.165, 1.54) is 17.3 Å². The van der Waals surface area contributed by atoms with Crippen LogP contribution in [0.2, 0.25) is 0 Å². The molecule has 0 saturated carbocycles. The highest BCUT2D eigenvalue weighted by Gasteiger charge is 2.27. The fraction of sp³-hybridized carbons (Fsp3) is 1.00. The van der Waals surface area contributed by atoms with Gasteiger partial charge < -0.3 is 5.32 Å². The molecule has 0 rings (SSSR count). The average Bonchev–Trinajstić information content (AvgIpc) is 2.12. The summed E-state index contributed by atoms with van der Waals surface area (Å²) in [5.41, 5.74) is 0.417. The fourth-order valence-corrected chi connectivity index (χ4v) is 2.55. The lowest BCUT2D eigenvalue weighted by molar-refractivity contribution is 0.211. The minimum absolute atomic E-state index is 0.417. The first-order valence-corrected chi connectivity index (χ1v) is 6.73. The van der Waals surface area contributed by atoms with Crippen LogP contribution in [0.15, 0.2) is 0 Å². The number of hydrogen-bond donors (Lipinski definition) is 1. The largest absolute Gasteiger partial charge is 0.317 e. The molecule has 80 valence electrons. The number of rotatable bonds is 6. The van der Waals surface area contributed by atoms with E-state index in [-0.39, 0.29) is 0 Å². The summed E-state index contributed by atoms with van der Waals surface area (Å²) in [6, 6.07) is 0.601. The Morgan fingerprint density at radius 1 is 1.38 bits per heavy atom. The van der Waals surface area contributed by atoms with Crippen LogP contribution in [-0.2, 0) is 0 Å². The van der Waals surface area contributed by atoms with Gasteiger partial charge in [-0.15, -0.1) is 0 Å². The lowest BCUT2D eigenvalue weighted by Crippen LogP contribution is -2.38. The summed E-state index contributed by atoms with van der Waals surface area (Å²) >= 11 is 2.50. The van der Waals surface area contributed by atoms with Gasteiger partial charge in [0.05, 0.1) is 0 Å². The second-order valence-electron chi connectivity index (χ2n) is 4.63. The smallest absolute Gasteiger partial charge is 0.00870 e. The number of nitrogens with one attached hydrogen (secondary N) is 1. The van der Waals surface area contributed by atoms with Gasteiger partial charge >= 0.3 is 0 Å². The maximum absolute atomic E-state index is 3.36. The molecule has 0 aliphatic heterocycles. The average molecular weight is 297 g/mol. The molecule has 0 spiro atoms. The van der Waals surface area contributed by atoms with Crippen molar-refractivity contribution in [3.05, 3.63) is 0 Å². The minimum Gasteiger partial charge on any atom is -0.317 e. The summed E-state index contributed by atoms with van der Waals surface area (Å²) in [6.45, 7) is 9.30. The van der Waals surface area contributed by atoms with Gasteiger partial charge in [-0.2, -0.15) is 0 Å². The molecule has 0 fully saturated rings. The van der Waals surface area contributed by atoms with Crippen LogP contribution in [0.3, 0.4) is 0 Å². The van der Waals surface area contributed by atoms with Gasteiger partial charge in [-0.25, -0.2) is 0 Å². The molecule has 2 unspecified atom stereocenters. The molecule has 0 aromatic carbocycles. The molecule has 0 heterocycles. The van der Waals surface area contributed by atoms with Crippen molar-refractivity contribution in [2.24, 2.45) is 11.3 Å². The molecule has 2 atom stereocenters. The highest BCUT2D eigenvalue weighted by atomic mass is 127. The lowest BCUT2D eigenvalue weighted by atomic mass is 9.77. The standard InChI is InChI=1S/C11H24IN/c1-6-10(8-12)7-11(3,4)9(2)13-5/h9-10,13H,6-8H2,1-5H3. The van der Waals surface area contributed by atoms with Crippen molar-refractivity contribution in [1.82, 2.24) is 5.32 Å². The van der Waals surface area contributed by atoms with Crippen molar-refractivity contribution in [3.8, 4) is 0 Å². The zero-order chi connectivity index (χ0) is 10.5. The van der Waals surface area contributed by atoms with E-state index < -0.39 is 0 Å². The summed E-state index contributed by atoms with van der Waals surface area (Å²) in [6.07, 6.45) is 2.64. The van der Waals surface area contributed by atoms with Crippen LogP contribution in [0, 0.1) is 11.3 Å². The quantitative estimate of drug-likeness (QED) is 0.585. The number of hydrogen-bond acceptors (Lipinski definition) is 1. The van der Waals surface area contributed by atoms with Crippen molar-refractivity contribution in [1.29, 1.82) is 0 Å². The van der Waals surface area contributed by atoms with Gasteiger partial charge in [-0.1, -0.05) is 49.8 Å². The van der Waals surface area contributed by atoms with Crippen LogP contribution >= 0.6 is 22.6 Å². The Kier molecular flexibility index (Phi) is 6.56. The summed E-state index contributed by atoms with van der Waals surface area (Å²) in [4.78, 5) is 0. The van der Waals surface area contributed by atoms with Crippen molar-refractivity contribution in [2.75, 3.05) is 11.5 Å². The molecular formula is C11H24IN. The third-order valence-electron chi connectivity index (χ3n) is 3.22. The molecule has 0 bridgehead atoms.